The molecule has 0 aliphatic carbocycles. The van der Waals surface area contributed by atoms with Crippen LogP contribution in [0.15, 0.2) is 34.8 Å². The van der Waals surface area contributed by atoms with Crippen LogP contribution in [0.5, 0.6) is 0 Å². The second-order valence-electron chi connectivity index (χ2n) is 5.64. The van der Waals surface area contributed by atoms with Crippen LogP contribution in [0, 0.1) is 6.92 Å². The van der Waals surface area contributed by atoms with Crippen LogP contribution >= 0.6 is 15.9 Å². The minimum absolute atomic E-state index is 0.206. The molecule has 1 unspecified atom stereocenters. The quantitative estimate of drug-likeness (QED) is 0.817. The Labute approximate surface area is 149 Å². The Kier molecular flexibility index (Phi) is 5.42. The van der Waals surface area contributed by atoms with E-state index in [4.69, 9.17) is 4.74 Å². The first kappa shape index (κ1) is 16.9. The number of carbonyl (C=O) groups excluding carboxylic acids is 1. The van der Waals surface area contributed by atoms with Gasteiger partial charge in [0.1, 0.15) is 17.3 Å². The van der Waals surface area contributed by atoms with Crippen LogP contribution in [0.4, 0.5) is 11.5 Å². The average molecular weight is 391 g/mol. The van der Waals surface area contributed by atoms with Crippen molar-refractivity contribution in [3.63, 3.8) is 0 Å². The molecule has 7 heteroatoms. The van der Waals surface area contributed by atoms with E-state index in [9.17, 15) is 4.79 Å². The Morgan fingerprint density at radius 1 is 1.38 bits per heavy atom. The highest BCUT2D eigenvalue weighted by Gasteiger charge is 2.16. The van der Waals surface area contributed by atoms with E-state index in [1.807, 2.05) is 24.3 Å². The van der Waals surface area contributed by atoms with Crippen LogP contribution in [0.1, 0.15) is 29.2 Å². The van der Waals surface area contributed by atoms with E-state index in [0.717, 1.165) is 23.9 Å². The van der Waals surface area contributed by atoms with E-state index in [1.54, 1.807) is 13.0 Å². The van der Waals surface area contributed by atoms with Crippen LogP contribution < -0.4 is 10.6 Å². The van der Waals surface area contributed by atoms with Crippen molar-refractivity contribution in [3.8, 4) is 0 Å². The third-order valence-electron chi connectivity index (χ3n) is 3.73. The third kappa shape index (κ3) is 4.30. The zero-order chi connectivity index (χ0) is 16.9. The molecule has 24 heavy (non-hydrogen) atoms. The predicted octanol–water partition coefficient (Wildman–Crippen LogP) is 3.39. The van der Waals surface area contributed by atoms with Crippen molar-refractivity contribution in [2.45, 2.75) is 25.9 Å². The Morgan fingerprint density at radius 2 is 2.21 bits per heavy atom. The van der Waals surface area contributed by atoms with Crippen molar-refractivity contribution in [2.24, 2.45) is 0 Å². The van der Waals surface area contributed by atoms with Crippen LogP contribution in [-0.4, -0.2) is 35.1 Å². The molecule has 3 rings (SSSR count). The van der Waals surface area contributed by atoms with Gasteiger partial charge in [-0.25, -0.2) is 9.97 Å². The van der Waals surface area contributed by atoms with E-state index in [-0.39, 0.29) is 12.0 Å². The van der Waals surface area contributed by atoms with E-state index in [0.29, 0.717) is 29.6 Å². The van der Waals surface area contributed by atoms with Crippen LogP contribution in [0.25, 0.3) is 0 Å². The zero-order valence-corrected chi connectivity index (χ0v) is 15.0. The molecule has 0 spiro atoms. The SMILES string of the molecule is Cc1nc(NCC2CCCO2)cc(C(=O)Nc2ccccc2Br)n1. The molecule has 2 aromatic rings. The molecule has 1 aliphatic heterocycles. The van der Waals surface area contributed by atoms with Crippen LogP contribution in [0.3, 0.4) is 0 Å². The van der Waals surface area contributed by atoms with Gasteiger partial charge in [0.25, 0.3) is 5.91 Å². The highest BCUT2D eigenvalue weighted by atomic mass is 79.9. The summed E-state index contributed by atoms with van der Waals surface area (Å²) >= 11 is 3.42. The molecule has 2 heterocycles. The molecule has 1 saturated heterocycles. The fourth-order valence-electron chi connectivity index (χ4n) is 2.55. The van der Waals surface area contributed by atoms with Gasteiger partial charge in [0.15, 0.2) is 0 Å². The highest BCUT2D eigenvalue weighted by molar-refractivity contribution is 9.10. The number of benzene rings is 1. The fraction of sp³-hybridized carbons (Fsp3) is 0.353. The largest absolute Gasteiger partial charge is 0.376 e. The van der Waals surface area contributed by atoms with Gasteiger partial charge in [-0.2, -0.15) is 0 Å². The van der Waals surface area contributed by atoms with E-state index in [2.05, 4.69) is 36.5 Å². The van der Waals surface area contributed by atoms with E-state index in [1.165, 1.54) is 0 Å². The van der Waals surface area contributed by atoms with E-state index >= 15 is 0 Å². The second kappa shape index (κ2) is 7.72. The van der Waals surface area contributed by atoms with Crippen LogP contribution in [0.2, 0.25) is 0 Å². The molecular weight excluding hydrogens is 372 g/mol. The first-order valence-corrected chi connectivity index (χ1v) is 8.68. The molecule has 126 valence electrons. The van der Waals surface area contributed by atoms with Gasteiger partial charge >= 0.3 is 0 Å². The lowest BCUT2D eigenvalue weighted by Gasteiger charge is -2.12. The third-order valence-corrected chi connectivity index (χ3v) is 4.42. The van der Waals surface area contributed by atoms with Crippen molar-refractivity contribution in [3.05, 3.63) is 46.3 Å². The molecule has 1 aliphatic rings. The molecule has 1 fully saturated rings. The number of hydrogen-bond donors (Lipinski definition) is 2. The summed E-state index contributed by atoms with van der Waals surface area (Å²) in [6.45, 7) is 3.27. The van der Waals surface area contributed by atoms with Gasteiger partial charge in [0.05, 0.1) is 11.8 Å². The number of carbonyl (C=O) groups is 1. The number of nitrogens with one attached hydrogen (secondary N) is 2. The molecule has 6 nitrogen and oxygen atoms in total. The monoisotopic (exact) mass is 390 g/mol. The number of rotatable bonds is 5. The normalized spacial score (nSPS) is 16.8. The Balaban J connectivity index is 1.70. The number of para-hydroxylation sites is 1. The summed E-state index contributed by atoms with van der Waals surface area (Å²) in [6, 6.07) is 9.11. The lowest BCUT2D eigenvalue weighted by Crippen LogP contribution is -2.20. The first-order valence-electron chi connectivity index (χ1n) is 7.89. The number of anilines is 2. The molecule has 1 aromatic heterocycles. The Morgan fingerprint density at radius 3 is 2.96 bits per heavy atom. The lowest BCUT2D eigenvalue weighted by molar-refractivity contribution is 0.102. The summed E-state index contributed by atoms with van der Waals surface area (Å²) < 4.78 is 6.40. The number of amides is 1. The fourth-order valence-corrected chi connectivity index (χ4v) is 2.93. The van der Waals surface area contributed by atoms with Gasteiger partial charge in [-0.05, 0) is 47.8 Å². The van der Waals surface area contributed by atoms with Crippen molar-refractivity contribution in [1.82, 2.24) is 9.97 Å². The number of halogens is 1. The minimum Gasteiger partial charge on any atom is -0.376 e. The van der Waals surface area contributed by atoms with Gasteiger partial charge < -0.3 is 15.4 Å². The molecule has 2 N–H and O–H groups in total. The molecule has 0 bridgehead atoms. The van der Waals surface area contributed by atoms with Crippen LogP contribution in [-0.2, 0) is 4.74 Å². The summed E-state index contributed by atoms with van der Waals surface area (Å²) in [5.74, 6) is 0.910. The average Bonchev–Trinajstić information content (AvgIpc) is 3.08. The zero-order valence-electron chi connectivity index (χ0n) is 13.4. The summed E-state index contributed by atoms with van der Waals surface area (Å²) in [5, 5.41) is 6.08. The van der Waals surface area contributed by atoms with Gasteiger partial charge in [-0.3, -0.25) is 4.79 Å². The van der Waals surface area contributed by atoms with Crippen molar-refractivity contribution >= 4 is 33.3 Å². The molecule has 1 amide bonds. The Bertz CT molecular complexity index is 732. The summed E-state index contributed by atoms with van der Waals surface area (Å²) in [4.78, 5) is 21.0. The smallest absolute Gasteiger partial charge is 0.274 e. The lowest BCUT2D eigenvalue weighted by atomic mass is 10.2. The number of hydrogen-bond acceptors (Lipinski definition) is 5. The van der Waals surface area contributed by atoms with Gasteiger partial charge in [0.2, 0.25) is 0 Å². The summed E-state index contributed by atoms with van der Waals surface area (Å²) in [5.41, 5.74) is 1.03. The second-order valence-corrected chi connectivity index (χ2v) is 6.49. The number of nitrogens with zero attached hydrogens (tertiary/aromatic N) is 2. The van der Waals surface area contributed by atoms with Crippen molar-refractivity contribution < 1.29 is 9.53 Å². The van der Waals surface area contributed by atoms with Crippen molar-refractivity contribution in [2.75, 3.05) is 23.8 Å². The maximum absolute atomic E-state index is 12.5. The molecule has 0 saturated carbocycles. The van der Waals surface area contributed by atoms with Gasteiger partial charge in [0, 0.05) is 23.7 Å². The standard InChI is InChI=1S/C17H19BrN4O2/c1-11-20-15(17(23)22-14-7-3-2-6-13(14)18)9-16(21-11)19-10-12-5-4-8-24-12/h2-3,6-7,9,12H,4-5,8,10H2,1H3,(H,22,23)(H,19,20,21). The maximum atomic E-state index is 12.5. The highest BCUT2D eigenvalue weighted by Crippen LogP contribution is 2.22. The van der Waals surface area contributed by atoms with Crippen molar-refractivity contribution in [1.29, 1.82) is 0 Å². The van der Waals surface area contributed by atoms with Gasteiger partial charge in [-0.1, -0.05) is 12.1 Å². The number of aromatic nitrogens is 2. The minimum atomic E-state index is -0.271. The molecule has 1 atom stereocenters. The number of aryl methyl sites for hydroxylation is 1. The van der Waals surface area contributed by atoms with Gasteiger partial charge in [-0.15, -0.1) is 0 Å². The molecule has 0 radical (unpaired) electrons. The Hall–Kier alpha value is -1.99. The van der Waals surface area contributed by atoms with E-state index < -0.39 is 0 Å². The maximum Gasteiger partial charge on any atom is 0.274 e. The summed E-state index contributed by atoms with van der Waals surface area (Å²) in [6.07, 6.45) is 2.35. The number of ether oxygens (including phenoxy) is 1. The molecule has 1 aromatic carbocycles. The first-order chi connectivity index (χ1) is 11.6. The predicted molar refractivity (Wildman–Crippen MR) is 96.3 cm³/mol. The summed E-state index contributed by atoms with van der Waals surface area (Å²) in [7, 11) is 0. The molecular formula is C17H19BrN4O2. The topological polar surface area (TPSA) is 76.1 Å².